The van der Waals surface area contributed by atoms with Crippen LogP contribution in [0.3, 0.4) is 0 Å². The number of rotatable bonds is 32. The number of methoxy groups -OCH3 is 4. The summed E-state index contributed by atoms with van der Waals surface area (Å²) in [5.41, 5.74) is 1.72. The molecule has 0 saturated carbocycles. The zero-order valence-electron chi connectivity index (χ0n) is 60.9. The summed E-state index contributed by atoms with van der Waals surface area (Å²) >= 11 is 0. The number of benzene rings is 2. The van der Waals surface area contributed by atoms with Gasteiger partial charge in [0.15, 0.2) is 41.8 Å². The van der Waals surface area contributed by atoms with Crippen molar-refractivity contribution in [2.45, 2.75) is 232 Å². The van der Waals surface area contributed by atoms with Gasteiger partial charge < -0.3 is 75.9 Å². The van der Waals surface area contributed by atoms with Crippen molar-refractivity contribution < 1.29 is 85.5 Å². The molecule has 2 N–H and O–H groups in total. The molecular formula is C70H118O18Si4. The predicted molar refractivity (Wildman–Crippen MR) is 376 cm³/mol. The minimum Gasteiger partial charge on any atom is -0.497 e. The molecule has 522 valence electrons. The van der Waals surface area contributed by atoms with E-state index in [0.29, 0.717) is 79.0 Å². The summed E-state index contributed by atoms with van der Waals surface area (Å²) in [6, 6.07) is 8.52. The number of ether oxygens (including phenoxy) is 12. The summed E-state index contributed by atoms with van der Waals surface area (Å²) < 4.78 is 81.4. The average Bonchev–Trinajstić information content (AvgIpc) is 2.75. The van der Waals surface area contributed by atoms with Crippen LogP contribution in [0.15, 0.2) is 48.6 Å². The van der Waals surface area contributed by atoms with Gasteiger partial charge in [0.2, 0.25) is 0 Å². The Balaban J connectivity index is 0.000000480. The summed E-state index contributed by atoms with van der Waals surface area (Å²) in [6.07, 6.45) is 7.92. The molecule has 0 spiro atoms. The molecule has 18 nitrogen and oxygen atoms in total. The Morgan fingerprint density at radius 2 is 0.989 bits per heavy atom. The van der Waals surface area contributed by atoms with Gasteiger partial charge >= 0.3 is 11.9 Å². The first-order valence-corrected chi connectivity index (χ1v) is 45.5. The largest absolute Gasteiger partial charge is 0.497 e. The molecule has 0 radical (unpaired) electrons. The molecule has 2 fully saturated rings. The molecule has 92 heavy (non-hydrogen) atoms. The molecular weight excluding hydrogens is 1240 g/mol. The standard InChI is InChI=1S/C35H60O9Si2.C35H58O9Si2/c2*1-25(23-42-46(12,13)34(2,3)4)17-18-28(36)32-29(43-35(5,6)44-32)16-14-15-26-21-27(39-8)22-30(41-24-38-7)31(26)33(37)40-19-20-45(9,10)11/h14-15,17-18,21-22,25,28-29,32,36H,16,19-20,23-24H2,1-13H3;14-15,21-22,25,28-29,32,36H,16,19-20,23-24H2,1-13H3/b15-14+,18-17-;15-14+/t2*25-,28?,29?,32?/m11/s1. The van der Waals surface area contributed by atoms with Gasteiger partial charge in [-0.2, -0.15) is 0 Å². The van der Waals surface area contributed by atoms with E-state index in [9.17, 15) is 19.8 Å². The van der Waals surface area contributed by atoms with E-state index in [4.69, 9.17) is 65.7 Å². The highest BCUT2D eigenvalue weighted by Gasteiger charge is 2.45. The second kappa shape index (κ2) is 35.7. The molecule has 2 aliphatic rings. The molecule has 0 amide bonds. The normalized spacial score (nSPS) is 20.0. The van der Waals surface area contributed by atoms with Gasteiger partial charge in [0.05, 0.1) is 39.6 Å². The van der Waals surface area contributed by atoms with E-state index in [1.165, 1.54) is 14.2 Å². The van der Waals surface area contributed by atoms with Crippen LogP contribution in [-0.2, 0) is 46.7 Å². The van der Waals surface area contributed by atoms with Gasteiger partial charge in [-0.05, 0) is 125 Å². The van der Waals surface area contributed by atoms with E-state index in [2.05, 4.69) is 126 Å². The van der Waals surface area contributed by atoms with E-state index in [1.807, 2.05) is 58.9 Å². The molecule has 2 heterocycles. The lowest BCUT2D eigenvalue weighted by atomic mass is 10.0. The summed E-state index contributed by atoms with van der Waals surface area (Å²) in [4.78, 5) is 26.7. The van der Waals surface area contributed by atoms with Crippen LogP contribution in [0, 0.1) is 23.7 Å². The third-order valence-electron chi connectivity index (χ3n) is 16.5. The molecule has 0 aromatic heterocycles. The maximum atomic E-state index is 13.4. The van der Waals surface area contributed by atoms with Gasteiger partial charge in [0.25, 0.3) is 0 Å². The topological polar surface area (TPSA) is 204 Å². The first kappa shape index (κ1) is 82.1. The smallest absolute Gasteiger partial charge is 0.342 e. The lowest BCUT2D eigenvalue weighted by Crippen LogP contribution is -2.41. The highest BCUT2D eigenvalue weighted by atomic mass is 28.4. The van der Waals surface area contributed by atoms with Gasteiger partial charge in [-0.1, -0.05) is 136 Å². The summed E-state index contributed by atoms with van der Waals surface area (Å²) in [6.45, 7) is 48.6. The van der Waals surface area contributed by atoms with Crippen molar-refractivity contribution >= 4 is 56.9 Å². The Morgan fingerprint density at radius 3 is 1.38 bits per heavy atom. The highest BCUT2D eigenvalue weighted by molar-refractivity contribution is 6.76. The molecule has 2 saturated heterocycles. The Morgan fingerprint density at radius 1 is 0.587 bits per heavy atom. The van der Waals surface area contributed by atoms with Crippen LogP contribution in [0.5, 0.6) is 23.0 Å². The van der Waals surface area contributed by atoms with Crippen LogP contribution in [0.1, 0.15) is 128 Å². The van der Waals surface area contributed by atoms with Gasteiger partial charge in [0.1, 0.15) is 58.5 Å². The molecule has 22 heteroatoms. The SMILES string of the molecule is COCOc1cc(OC)cc(/C=C/CC2OC(C)(C)OC2C(O)/C=C\[C@@H](C)CO[Si](C)(C)C(C)(C)C)c1C(=O)OCC[Si](C)(C)C.COCOc1cc(OC)cc(/C=C/CC2OC(C)(C)OC2C(O)C#C[C@@H](C)CO[Si](C)(C)C(C)(C)C)c1C(=O)OCC[Si](C)(C)C. The minimum atomic E-state index is -1.90. The van der Waals surface area contributed by atoms with Crippen molar-refractivity contribution in [3.8, 4) is 34.8 Å². The summed E-state index contributed by atoms with van der Waals surface area (Å²) in [5, 5.41) is 22.5. The van der Waals surface area contributed by atoms with Crippen molar-refractivity contribution in [2.24, 2.45) is 11.8 Å². The number of hydrogen-bond donors (Lipinski definition) is 2. The third kappa shape index (κ3) is 27.5. The number of carbonyl (C=O) groups excluding carboxylic acids is 2. The molecule has 0 bridgehead atoms. The lowest BCUT2D eigenvalue weighted by molar-refractivity contribution is -0.152. The fraction of sp³-hybridized carbons (Fsp3) is 0.686. The zero-order chi connectivity index (χ0) is 69.8. The second-order valence-corrected chi connectivity index (χ2v) is 51.2. The van der Waals surface area contributed by atoms with Gasteiger partial charge in [-0.15, -0.1) is 0 Å². The maximum Gasteiger partial charge on any atom is 0.342 e. The van der Waals surface area contributed by atoms with Gasteiger partial charge in [-0.25, -0.2) is 9.59 Å². The third-order valence-corrected chi connectivity index (χ3v) is 28.9. The number of carbonyl (C=O) groups is 2. The Kier molecular flexibility index (Phi) is 31.9. The van der Waals surface area contributed by atoms with E-state index in [1.54, 1.807) is 50.6 Å². The number of esters is 2. The fourth-order valence-corrected chi connectivity index (χ4v) is 12.5. The molecule has 2 aromatic rings. The van der Waals surface area contributed by atoms with Crippen LogP contribution >= 0.6 is 0 Å². The van der Waals surface area contributed by atoms with Crippen molar-refractivity contribution in [1.82, 2.24) is 0 Å². The van der Waals surface area contributed by atoms with Crippen LogP contribution in [0.25, 0.3) is 12.2 Å². The summed E-state index contributed by atoms with van der Waals surface area (Å²) in [5.74, 6) is 5.14. The molecule has 0 aliphatic carbocycles. The van der Waals surface area contributed by atoms with E-state index < -0.39 is 92.9 Å². The molecule has 4 rings (SSSR count). The Hall–Kier alpha value is -4.17. The van der Waals surface area contributed by atoms with E-state index in [0.717, 1.165) is 12.1 Å². The molecule has 2 aromatic carbocycles. The molecule has 2 aliphatic heterocycles. The van der Waals surface area contributed by atoms with Crippen molar-refractivity contribution in [1.29, 1.82) is 0 Å². The second-order valence-electron chi connectivity index (χ2n) is 30.4. The summed E-state index contributed by atoms with van der Waals surface area (Å²) in [7, 11) is -0.435. The maximum absolute atomic E-state index is 13.4. The highest BCUT2D eigenvalue weighted by Crippen LogP contribution is 2.40. The van der Waals surface area contributed by atoms with Crippen molar-refractivity contribution in [3.63, 3.8) is 0 Å². The van der Waals surface area contributed by atoms with E-state index >= 15 is 0 Å². The van der Waals surface area contributed by atoms with Crippen LogP contribution in [0.4, 0.5) is 0 Å². The zero-order valence-corrected chi connectivity index (χ0v) is 64.9. The van der Waals surface area contributed by atoms with Gasteiger partial charge in [-0.3, -0.25) is 0 Å². The average molecular weight is 1360 g/mol. The minimum absolute atomic E-state index is 0.0397. The van der Waals surface area contributed by atoms with Crippen molar-refractivity contribution in [2.75, 3.05) is 68.5 Å². The van der Waals surface area contributed by atoms with Crippen LogP contribution < -0.4 is 18.9 Å². The first-order chi connectivity index (χ1) is 42.4. The van der Waals surface area contributed by atoms with E-state index in [-0.39, 0.29) is 41.1 Å². The lowest BCUT2D eigenvalue weighted by Gasteiger charge is -2.36. The molecule has 6 unspecified atom stereocenters. The number of aliphatic hydroxyl groups excluding tert-OH is 2. The van der Waals surface area contributed by atoms with Crippen molar-refractivity contribution in [3.05, 3.63) is 70.8 Å². The Labute approximate surface area is 557 Å². The number of hydrogen-bond acceptors (Lipinski definition) is 18. The van der Waals surface area contributed by atoms with Gasteiger partial charge in [0, 0.05) is 61.6 Å². The number of aliphatic hydroxyl groups is 2. The fourth-order valence-electron chi connectivity index (χ4n) is 8.91. The Bertz CT molecular complexity index is 2790. The van der Waals surface area contributed by atoms with Crippen LogP contribution in [0.2, 0.25) is 87.6 Å². The predicted octanol–water partition coefficient (Wildman–Crippen LogP) is 14.8. The quantitative estimate of drug-likeness (QED) is 0.0230. The monoisotopic (exact) mass is 1360 g/mol. The molecule has 8 atom stereocenters. The first-order valence-electron chi connectivity index (χ1n) is 32.3. The van der Waals surface area contributed by atoms with Crippen LogP contribution in [-0.4, -0.2) is 172 Å².